The molecule has 30 heavy (non-hydrogen) atoms. The largest absolute Gasteiger partial charge is 0.507 e. The average molecular weight is 412 g/mol. The summed E-state index contributed by atoms with van der Waals surface area (Å²) in [6.07, 6.45) is 1.23. The van der Waals surface area contributed by atoms with E-state index < -0.39 is 5.60 Å². The molecule has 1 atom stereocenters. The zero-order valence-corrected chi connectivity index (χ0v) is 17.9. The predicted molar refractivity (Wildman–Crippen MR) is 116 cm³/mol. The van der Waals surface area contributed by atoms with E-state index in [2.05, 4.69) is 4.98 Å². The van der Waals surface area contributed by atoms with Crippen LogP contribution in [0, 0.1) is 0 Å². The fraction of sp³-hybridized carbons (Fsp3) is 0.435. The van der Waals surface area contributed by atoms with Gasteiger partial charge in [-0.3, -0.25) is 4.79 Å². The lowest BCUT2D eigenvalue weighted by Crippen LogP contribution is -2.42. The van der Waals surface area contributed by atoms with Crippen LogP contribution in [0.5, 0.6) is 5.75 Å². The van der Waals surface area contributed by atoms with E-state index >= 15 is 0 Å². The molecule has 1 unspecified atom stereocenters. The minimum atomic E-state index is -0.576. The Labute approximate surface area is 176 Å². The number of nitrogens with two attached hydrogens (primary N) is 1. The summed E-state index contributed by atoms with van der Waals surface area (Å²) in [5, 5.41) is 10.2. The summed E-state index contributed by atoms with van der Waals surface area (Å²) in [4.78, 5) is 31.0. The predicted octanol–water partition coefficient (Wildman–Crippen LogP) is 4.35. The van der Waals surface area contributed by atoms with E-state index in [9.17, 15) is 14.7 Å². The van der Waals surface area contributed by atoms with Crippen molar-refractivity contribution < 1.29 is 19.4 Å². The van der Waals surface area contributed by atoms with Crippen molar-refractivity contribution >= 4 is 17.7 Å². The van der Waals surface area contributed by atoms with Gasteiger partial charge in [0.05, 0.1) is 11.3 Å². The molecule has 7 heteroatoms. The molecule has 0 bridgehead atoms. The first-order chi connectivity index (χ1) is 14.1. The lowest BCUT2D eigenvalue weighted by atomic mass is 9.86. The number of piperidine rings is 1. The summed E-state index contributed by atoms with van der Waals surface area (Å²) in [7, 11) is 0. The molecule has 0 radical (unpaired) electrons. The number of ether oxygens (including phenoxy) is 1. The van der Waals surface area contributed by atoms with Gasteiger partial charge < -0.3 is 20.5 Å². The number of carbonyl (C=O) groups excluding carboxylic acids is 2. The second-order valence-electron chi connectivity index (χ2n) is 8.70. The van der Waals surface area contributed by atoms with Crippen LogP contribution in [0.1, 0.15) is 62.4 Å². The van der Waals surface area contributed by atoms with Crippen LogP contribution in [0.3, 0.4) is 0 Å². The van der Waals surface area contributed by atoms with Crippen molar-refractivity contribution in [1.82, 2.24) is 9.88 Å². The van der Waals surface area contributed by atoms with Crippen LogP contribution in [0.2, 0.25) is 0 Å². The molecule has 2 heterocycles. The van der Waals surface area contributed by atoms with Crippen molar-refractivity contribution in [3.63, 3.8) is 0 Å². The molecule has 1 aliphatic heterocycles. The Morgan fingerprint density at radius 3 is 2.60 bits per heavy atom. The van der Waals surface area contributed by atoms with Crippen LogP contribution in [0.4, 0.5) is 10.6 Å². The minimum absolute atomic E-state index is 0.0833. The fourth-order valence-electron chi connectivity index (χ4n) is 3.84. The second-order valence-corrected chi connectivity index (χ2v) is 8.70. The highest BCUT2D eigenvalue weighted by Crippen LogP contribution is 2.36. The summed E-state index contributed by atoms with van der Waals surface area (Å²) in [6.45, 7) is 8.00. The first kappa shape index (κ1) is 21.6. The number of amides is 1. The maximum atomic E-state index is 12.6. The van der Waals surface area contributed by atoms with Crippen molar-refractivity contribution in [1.29, 1.82) is 0 Å². The van der Waals surface area contributed by atoms with Crippen molar-refractivity contribution in [2.75, 3.05) is 18.8 Å². The smallest absolute Gasteiger partial charge is 0.410 e. The van der Waals surface area contributed by atoms with Gasteiger partial charge in [0.1, 0.15) is 17.2 Å². The van der Waals surface area contributed by atoms with Gasteiger partial charge in [-0.05, 0) is 64.3 Å². The fourth-order valence-corrected chi connectivity index (χ4v) is 3.84. The van der Waals surface area contributed by atoms with E-state index in [1.807, 2.05) is 26.8 Å². The molecule has 0 aliphatic carbocycles. The van der Waals surface area contributed by atoms with Crippen LogP contribution in [0.15, 0.2) is 30.3 Å². The van der Waals surface area contributed by atoms with E-state index in [4.69, 9.17) is 10.5 Å². The van der Waals surface area contributed by atoms with Crippen molar-refractivity contribution in [2.24, 2.45) is 0 Å². The van der Waals surface area contributed by atoms with Crippen LogP contribution in [-0.4, -0.2) is 45.6 Å². The highest BCUT2D eigenvalue weighted by Gasteiger charge is 2.31. The van der Waals surface area contributed by atoms with E-state index in [1.54, 1.807) is 29.2 Å². The van der Waals surface area contributed by atoms with Crippen molar-refractivity contribution in [3.8, 4) is 17.0 Å². The third kappa shape index (κ3) is 4.72. The monoisotopic (exact) mass is 411 g/mol. The number of pyridine rings is 1. The number of phenolic OH excluding ortho intramolecular Hbond substituents is 1. The number of phenols is 1. The first-order valence-electron chi connectivity index (χ1n) is 10.1. The van der Waals surface area contributed by atoms with Gasteiger partial charge in [-0.15, -0.1) is 0 Å². The highest BCUT2D eigenvalue weighted by molar-refractivity contribution is 6.00. The number of ketones is 1. The van der Waals surface area contributed by atoms with Crippen LogP contribution in [-0.2, 0) is 4.74 Å². The third-order valence-electron chi connectivity index (χ3n) is 5.12. The number of carbonyl (C=O) groups is 2. The van der Waals surface area contributed by atoms with Gasteiger partial charge in [0.2, 0.25) is 0 Å². The maximum Gasteiger partial charge on any atom is 0.410 e. The summed E-state index contributed by atoms with van der Waals surface area (Å²) >= 11 is 0. The van der Waals surface area contributed by atoms with Gasteiger partial charge in [0.15, 0.2) is 5.78 Å². The third-order valence-corrected chi connectivity index (χ3v) is 5.12. The summed E-state index contributed by atoms with van der Waals surface area (Å²) in [5.41, 5.74) is 7.77. The molecule has 1 aromatic carbocycles. The average Bonchev–Trinajstić information content (AvgIpc) is 2.66. The number of hydrogen-bond donors (Lipinski definition) is 2. The number of hydrogen-bond acceptors (Lipinski definition) is 6. The SMILES string of the molecule is CC(=O)c1c(C2CCCN(C(=O)OC(C)(C)C)C2)cc(-c2ccccc2O)nc1N. The quantitative estimate of drug-likeness (QED) is 0.727. The Balaban J connectivity index is 2.00. The van der Waals surface area contributed by atoms with Crippen LogP contribution >= 0.6 is 0 Å². The number of rotatable bonds is 3. The van der Waals surface area contributed by atoms with Crippen LogP contribution in [0.25, 0.3) is 11.3 Å². The van der Waals surface area contributed by atoms with Gasteiger partial charge in [-0.1, -0.05) is 12.1 Å². The number of likely N-dealkylation sites (tertiary alicyclic amines) is 1. The van der Waals surface area contributed by atoms with Crippen LogP contribution < -0.4 is 5.73 Å². The van der Waals surface area contributed by atoms with E-state index in [0.717, 1.165) is 18.4 Å². The molecule has 1 saturated heterocycles. The summed E-state index contributed by atoms with van der Waals surface area (Å²) < 4.78 is 5.52. The molecule has 2 aromatic rings. The molecule has 1 amide bonds. The molecule has 3 N–H and O–H groups in total. The Bertz CT molecular complexity index is 965. The molecule has 0 spiro atoms. The number of aromatic nitrogens is 1. The standard InChI is InChI=1S/C23H29N3O4/c1-14(27)20-17(12-18(25-21(20)24)16-9-5-6-10-19(16)28)15-8-7-11-26(13-15)22(29)30-23(2,3)4/h5-6,9-10,12,15,28H,7-8,11,13H2,1-4H3,(H2,24,25). The highest BCUT2D eigenvalue weighted by atomic mass is 16.6. The van der Waals surface area contributed by atoms with Gasteiger partial charge in [-0.2, -0.15) is 0 Å². The number of para-hydroxylation sites is 1. The van der Waals surface area contributed by atoms with Gasteiger partial charge in [-0.25, -0.2) is 9.78 Å². The number of nitrogens with zero attached hydrogens (tertiary/aromatic N) is 2. The minimum Gasteiger partial charge on any atom is -0.507 e. The number of nitrogen functional groups attached to an aromatic ring is 1. The normalized spacial score (nSPS) is 16.9. The van der Waals surface area contributed by atoms with Gasteiger partial charge in [0.25, 0.3) is 0 Å². The van der Waals surface area contributed by atoms with Gasteiger partial charge >= 0.3 is 6.09 Å². The molecule has 160 valence electrons. The summed E-state index contributed by atoms with van der Waals surface area (Å²) in [5.74, 6) is -0.0362. The lowest BCUT2D eigenvalue weighted by molar-refractivity contribution is 0.0198. The molecule has 1 aliphatic rings. The lowest BCUT2D eigenvalue weighted by Gasteiger charge is -2.35. The zero-order chi connectivity index (χ0) is 22.1. The Morgan fingerprint density at radius 1 is 1.27 bits per heavy atom. The molecule has 1 aromatic heterocycles. The van der Waals surface area contributed by atoms with Gasteiger partial charge in [0, 0.05) is 24.6 Å². The Hall–Kier alpha value is -3.09. The summed E-state index contributed by atoms with van der Waals surface area (Å²) in [6, 6.07) is 8.67. The topological polar surface area (TPSA) is 106 Å². The molecule has 1 fully saturated rings. The number of anilines is 1. The zero-order valence-electron chi connectivity index (χ0n) is 17.9. The maximum absolute atomic E-state index is 12.6. The van der Waals surface area contributed by atoms with E-state index in [0.29, 0.717) is 29.9 Å². The number of aromatic hydroxyl groups is 1. The molecule has 0 saturated carbocycles. The van der Waals surface area contributed by atoms with E-state index in [1.165, 1.54) is 6.92 Å². The van der Waals surface area contributed by atoms with E-state index in [-0.39, 0.29) is 29.4 Å². The molecular formula is C23H29N3O4. The molecule has 7 nitrogen and oxygen atoms in total. The van der Waals surface area contributed by atoms with Crippen molar-refractivity contribution in [2.45, 2.75) is 52.1 Å². The number of Topliss-reactive ketones (excluding diaryl/α,β-unsaturated/α-hetero) is 1. The number of benzene rings is 1. The second kappa shape index (κ2) is 8.34. The molecular weight excluding hydrogens is 382 g/mol. The first-order valence-corrected chi connectivity index (χ1v) is 10.1. The Morgan fingerprint density at radius 2 is 1.97 bits per heavy atom. The Kier molecular flexibility index (Phi) is 6.01. The molecule has 3 rings (SSSR count). The van der Waals surface area contributed by atoms with Crippen molar-refractivity contribution in [3.05, 3.63) is 41.5 Å².